The molecule has 0 aliphatic heterocycles. The van der Waals surface area contributed by atoms with Gasteiger partial charge in [0.05, 0.1) is 6.61 Å². The molecular weight excluding hydrogens is 224 g/mol. The fourth-order valence-electron chi connectivity index (χ4n) is 3.07. The lowest BCUT2D eigenvalue weighted by atomic mass is 9.75. The summed E-state index contributed by atoms with van der Waals surface area (Å²) in [6, 6.07) is 0. The lowest BCUT2D eigenvalue weighted by molar-refractivity contribution is 0.0707. The Balaban J connectivity index is 2.29. The predicted octanol–water partition coefficient (Wildman–Crippen LogP) is 2.51. The molecule has 1 saturated carbocycles. The van der Waals surface area contributed by atoms with Gasteiger partial charge in [-0.2, -0.15) is 0 Å². The molecule has 0 bridgehead atoms. The highest BCUT2D eigenvalue weighted by Crippen LogP contribution is 2.35. The van der Waals surface area contributed by atoms with Crippen molar-refractivity contribution in [2.45, 2.75) is 51.5 Å². The summed E-state index contributed by atoms with van der Waals surface area (Å²) in [7, 11) is 4.46. The van der Waals surface area contributed by atoms with Gasteiger partial charge in [-0.15, -0.1) is 0 Å². The van der Waals surface area contributed by atoms with Gasteiger partial charge in [0.2, 0.25) is 0 Å². The van der Waals surface area contributed by atoms with Crippen LogP contribution in [0.4, 0.5) is 0 Å². The number of ether oxygens (including phenoxy) is 1. The average Bonchev–Trinajstić information content (AvgIpc) is 2.33. The summed E-state index contributed by atoms with van der Waals surface area (Å²) in [6.07, 6.45) is 6.53. The van der Waals surface area contributed by atoms with Crippen LogP contribution in [0.5, 0.6) is 0 Å². The Morgan fingerprint density at radius 2 is 2.11 bits per heavy atom. The Morgan fingerprint density at radius 1 is 1.33 bits per heavy atom. The largest absolute Gasteiger partial charge is 0.380 e. The monoisotopic (exact) mass is 256 g/mol. The van der Waals surface area contributed by atoms with E-state index in [4.69, 9.17) is 4.74 Å². The van der Waals surface area contributed by atoms with Crippen molar-refractivity contribution in [2.75, 3.05) is 40.4 Å². The molecule has 0 aromatic heterocycles. The molecule has 1 rings (SSSR count). The van der Waals surface area contributed by atoms with Crippen molar-refractivity contribution in [3.63, 3.8) is 0 Å². The van der Waals surface area contributed by atoms with Crippen LogP contribution < -0.4 is 5.32 Å². The number of nitrogens with zero attached hydrogens (tertiary/aromatic N) is 1. The Kier molecular flexibility index (Phi) is 7.20. The fraction of sp³-hybridized carbons (Fsp3) is 1.00. The van der Waals surface area contributed by atoms with Gasteiger partial charge < -0.3 is 15.0 Å². The first-order valence-electron chi connectivity index (χ1n) is 7.56. The molecule has 2 atom stereocenters. The molecule has 1 fully saturated rings. The summed E-state index contributed by atoms with van der Waals surface area (Å²) >= 11 is 0. The standard InChI is InChI=1S/C15H32N2O/c1-5-10-18-11-9-16-13-15(17(3)4)8-6-7-14(2)12-15/h14,16H,5-13H2,1-4H3. The van der Waals surface area contributed by atoms with E-state index in [1.807, 2.05) is 0 Å². The van der Waals surface area contributed by atoms with Gasteiger partial charge in [-0.05, 0) is 39.3 Å². The molecule has 0 saturated heterocycles. The Hall–Kier alpha value is -0.120. The summed E-state index contributed by atoms with van der Waals surface area (Å²) in [5.41, 5.74) is 0.364. The van der Waals surface area contributed by atoms with Crippen LogP contribution in [-0.2, 0) is 4.74 Å². The number of hydrogen-bond acceptors (Lipinski definition) is 3. The van der Waals surface area contributed by atoms with E-state index in [0.29, 0.717) is 5.54 Å². The van der Waals surface area contributed by atoms with Gasteiger partial charge in [0.15, 0.2) is 0 Å². The third kappa shape index (κ3) is 4.87. The molecule has 0 radical (unpaired) electrons. The van der Waals surface area contributed by atoms with E-state index in [1.165, 1.54) is 25.7 Å². The van der Waals surface area contributed by atoms with E-state index < -0.39 is 0 Å². The lowest BCUT2D eigenvalue weighted by Gasteiger charge is -2.45. The molecule has 1 aliphatic carbocycles. The van der Waals surface area contributed by atoms with Crippen LogP contribution in [0.3, 0.4) is 0 Å². The lowest BCUT2D eigenvalue weighted by Crippen LogP contribution is -2.54. The maximum absolute atomic E-state index is 5.51. The molecule has 3 heteroatoms. The molecule has 0 spiro atoms. The highest BCUT2D eigenvalue weighted by atomic mass is 16.5. The highest BCUT2D eigenvalue weighted by Gasteiger charge is 2.36. The minimum atomic E-state index is 0.364. The molecular formula is C15H32N2O. The number of likely N-dealkylation sites (N-methyl/N-ethyl adjacent to an activating group) is 1. The van der Waals surface area contributed by atoms with Crippen LogP contribution in [0.15, 0.2) is 0 Å². The summed E-state index contributed by atoms with van der Waals surface area (Å²) in [5, 5.41) is 3.59. The van der Waals surface area contributed by atoms with Crippen molar-refractivity contribution in [2.24, 2.45) is 5.92 Å². The molecule has 18 heavy (non-hydrogen) atoms. The summed E-state index contributed by atoms with van der Waals surface area (Å²) in [5.74, 6) is 0.860. The summed E-state index contributed by atoms with van der Waals surface area (Å²) in [4.78, 5) is 2.43. The van der Waals surface area contributed by atoms with Gasteiger partial charge in [-0.1, -0.05) is 26.7 Å². The third-order valence-corrected chi connectivity index (χ3v) is 4.24. The number of hydrogen-bond donors (Lipinski definition) is 1. The van der Waals surface area contributed by atoms with Crippen LogP contribution >= 0.6 is 0 Å². The fourth-order valence-corrected chi connectivity index (χ4v) is 3.07. The molecule has 1 N–H and O–H groups in total. The maximum Gasteiger partial charge on any atom is 0.0590 e. The van der Waals surface area contributed by atoms with E-state index in [2.05, 4.69) is 38.2 Å². The predicted molar refractivity (Wildman–Crippen MR) is 78.0 cm³/mol. The molecule has 0 aromatic rings. The zero-order chi connectivity index (χ0) is 13.4. The minimum Gasteiger partial charge on any atom is -0.380 e. The smallest absolute Gasteiger partial charge is 0.0590 e. The van der Waals surface area contributed by atoms with Crippen LogP contribution in [0, 0.1) is 5.92 Å². The average molecular weight is 256 g/mol. The Bertz CT molecular complexity index is 221. The van der Waals surface area contributed by atoms with Gasteiger partial charge in [0.1, 0.15) is 0 Å². The van der Waals surface area contributed by atoms with Gasteiger partial charge >= 0.3 is 0 Å². The van der Waals surface area contributed by atoms with Crippen LogP contribution in [0.25, 0.3) is 0 Å². The molecule has 3 nitrogen and oxygen atoms in total. The second kappa shape index (κ2) is 8.13. The zero-order valence-corrected chi connectivity index (χ0v) is 12.8. The van der Waals surface area contributed by atoms with Crippen molar-refractivity contribution < 1.29 is 4.74 Å². The number of rotatable bonds is 8. The van der Waals surface area contributed by atoms with Crippen LogP contribution in [0.1, 0.15) is 46.0 Å². The second-order valence-electron chi connectivity index (χ2n) is 6.11. The highest BCUT2D eigenvalue weighted by molar-refractivity contribution is 4.94. The van der Waals surface area contributed by atoms with Crippen molar-refractivity contribution in [3.05, 3.63) is 0 Å². The SMILES string of the molecule is CCCOCCNCC1(N(C)C)CCCC(C)C1. The maximum atomic E-state index is 5.51. The van der Waals surface area contributed by atoms with Crippen molar-refractivity contribution in [1.82, 2.24) is 10.2 Å². The van der Waals surface area contributed by atoms with Gasteiger partial charge in [0.25, 0.3) is 0 Å². The summed E-state index contributed by atoms with van der Waals surface area (Å²) < 4.78 is 5.51. The topological polar surface area (TPSA) is 24.5 Å². The molecule has 0 amide bonds. The first-order chi connectivity index (χ1) is 8.60. The van der Waals surface area contributed by atoms with E-state index in [9.17, 15) is 0 Å². The first-order valence-corrected chi connectivity index (χ1v) is 7.56. The van der Waals surface area contributed by atoms with E-state index in [1.54, 1.807) is 0 Å². The zero-order valence-electron chi connectivity index (χ0n) is 12.8. The van der Waals surface area contributed by atoms with E-state index in [-0.39, 0.29) is 0 Å². The molecule has 2 unspecified atom stereocenters. The van der Waals surface area contributed by atoms with E-state index >= 15 is 0 Å². The van der Waals surface area contributed by atoms with Gasteiger partial charge in [-0.3, -0.25) is 0 Å². The Morgan fingerprint density at radius 3 is 2.72 bits per heavy atom. The van der Waals surface area contributed by atoms with Gasteiger partial charge in [0, 0.05) is 25.2 Å². The number of nitrogens with one attached hydrogen (secondary N) is 1. The quantitative estimate of drug-likeness (QED) is 0.675. The van der Waals surface area contributed by atoms with Gasteiger partial charge in [-0.25, -0.2) is 0 Å². The Labute approximate surface area is 113 Å². The van der Waals surface area contributed by atoms with Crippen LogP contribution in [0.2, 0.25) is 0 Å². The van der Waals surface area contributed by atoms with Crippen LogP contribution in [-0.4, -0.2) is 50.8 Å². The second-order valence-corrected chi connectivity index (χ2v) is 6.11. The molecule has 0 aromatic carbocycles. The van der Waals surface area contributed by atoms with Crippen molar-refractivity contribution in [1.29, 1.82) is 0 Å². The van der Waals surface area contributed by atoms with E-state index in [0.717, 1.165) is 38.6 Å². The third-order valence-electron chi connectivity index (χ3n) is 4.24. The normalized spacial score (nSPS) is 28.8. The molecule has 108 valence electrons. The summed E-state index contributed by atoms with van der Waals surface area (Å²) in [6.45, 7) is 8.34. The first kappa shape index (κ1) is 15.9. The molecule has 1 aliphatic rings. The minimum absolute atomic E-state index is 0.364. The van der Waals surface area contributed by atoms with Crippen molar-refractivity contribution >= 4 is 0 Å². The van der Waals surface area contributed by atoms with Crippen molar-refractivity contribution in [3.8, 4) is 0 Å². The molecule has 0 heterocycles.